The molecule has 3 N–H and O–H groups in total. The average Bonchev–Trinajstić information content (AvgIpc) is 2.83. The molecule has 0 bridgehead atoms. The van der Waals surface area contributed by atoms with Crippen molar-refractivity contribution in [1.29, 1.82) is 0 Å². The van der Waals surface area contributed by atoms with Crippen LogP contribution in [0.4, 0.5) is 4.79 Å². The number of carbonyl (C=O) groups excluding carboxylic acids is 1. The molecule has 5 unspecified atom stereocenters. The predicted octanol–water partition coefficient (Wildman–Crippen LogP) is 2.36. The van der Waals surface area contributed by atoms with Gasteiger partial charge < -0.3 is 15.7 Å². The second kappa shape index (κ2) is 6.46. The van der Waals surface area contributed by atoms with E-state index in [1.807, 2.05) is 0 Å². The summed E-state index contributed by atoms with van der Waals surface area (Å²) in [5.41, 5.74) is 0. The molecule has 2 saturated carbocycles. The molecule has 0 aliphatic heterocycles. The van der Waals surface area contributed by atoms with Crippen LogP contribution in [-0.4, -0.2) is 29.2 Å². The highest BCUT2D eigenvalue weighted by Gasteiger charge is 2.32. The van der Waals surface area contributed by atoms with Crippen molar-refractivity contribution in [1.82, 2.24) is 10.6 Å². The Balaban J connectivity index is 1.77. The minimum atomic E-state index is -0.746. The van der Waals surface area contributed by atoms with Gasteiger partial charge in [0.15, 0.2) is 0 Å². The van der Waals surface area contributed by atoms with Gasteiger partial charge >= 0.3 is 12.0 Å². The molecular weight excluding hydrogens is 256 g/mol. The summed E-state index contributed by atoms with van der Waals surface area (Å²) in [6, 6.07) is 0.120. The van der Waals surface area contributed by atoms with Gasteiger partial charge in [-0.25, -0.2) is 4.79 Å². The first-order valence-electron chi connectivity index (χ1n) is 7.77. The molecule has 20 heavy (non-hydrogen) atoms. The molecule has 0 spiro atoms. The topological polar surface area (TPSA) is 78.4 Å². The maximum Gasteiger partial charge on any atom is 0.315 e. The Hall–Kier alpha value is -1.26. The molecule has 0 aromatic carbocycles. The highest BCUT2D eigenvalue weighted by Crippen LogP contribution is 2.29. The molecule has 2 fully saturated rings. The van der Waals surface area contributed by atoms with Crippen molar-refractivity contribution >= 4 is 12.0 Å². The van der Waals surface area contributed by atoms with Gasteiger partial charge in [0.25, 0.3) is 0 Å². The van der Waals surface area contributed by atoms with E-state index in [2.05, 4.69) is 24.5 Å². The number of hydrogen-bond acceptors (Lipinski definition) is 2. The SMILES string of the molecule is CC1CCCC(NC(=O)NC2CCC(C(=O)O)C2)C1C. The van der Waals surface area contributed by atoms with Crippen LogP contribution in [-0.2, 0) is 4.79 Å². The van der Waals surface area contributed by atoms with Crippen LogP contribution in [0.25, 0.3) is 0 Å². The molecule has 2 amide bonds. The molecule has 2 aliphatic carbocycles. The lowest BCUT2D eigenvalue weighted by Gasteiger charge is -2.34. The molecule has 5 nitrogen and oxygen atoms in total. The number of carboxylic acids is 1. The molecule has 2 aliphatic rings. The van der Waals surface area contributed by atoms with Crippen LogP contribution in [0.2, 0.25) is 0 Å². The molecule has 0 radical (unpaired) electrons. The van der Waals surface area contributed by atoms with E-state index >= 15 is 0 Å². The van der Waals surface area contributed by atoms with Gasteiger partial charge in [0.2, 0.25) is 0 Å². The van der Waals surface area contributed by atoms with E-state index in [0.29, 0.717) is 24.7 Å². The van der Waals surface area contributed by atoms with Crippen LogP contribution in [0.15, 0.2) is 0 Å². The maximum atomic E-state index is 12.0. The fraction of sp³-hybridized carbons (Fsp3) is 0.867. The Morgan fingerprint density at radius 2 is 1.80 bits per heavy atom. The van der Waals surface area contributed by atoms with Gasteiger partial charge in [-0.1, -0.05) is 26.7 Å². The molecule has 2 rings (SSSR count). The zero-order valence-corrected chi connectivity index (χ0v) is 12.4. The number of carbonyl (C=O) groups is 2. The van der Waals surface area contributed by atoms with E-state index in [9.17, 15) is 9.59 Å². The highest BCUT2D eigenvalue weighted by molar-refractivity contribution is 5.75. The minimum Gasteiger partial charge on any atom is -0.481 e. The van der Waals surface area contributed by atoms with Gasteiger partial charge in [-0.3, -0.25) is 4.79 Å². The summed E-state index contributed by atoms with van der Waals surface area (Å²) >= 11 is 0. The first kappa shape index (κ1) is 15.1. The van der Waals surface area contributed by atoms with Gasteiger partial charge in [-0.15, -0.1) is 0 Å². The van der Waals surface area contributed by atoms with E-state index in [4.69, 9.17) is 5.11 Å². The fourth-order valence-electron chi connectivity index (χ4n) is 3.52. The molecule has 0 saturated heterocycles. The van der Waals surface area contributed by atoms with Gasteiger partial charge in [0.1, 0.15) is 0 Å². The standard InChI is InChI=1S/C15H26N2O3/c1-9-4-3-5-13(10(9)2)17-15(20)16-12-7-6-11(8-12)14(18)19/h9-13H,3-8H2,1-2H3,(H,18,19)(H2,16,17,20). The van der Waals surface area contributed by atoms with Crippen molar-refractivity contribution in [3.05, 3.63) is 0 Å². The van der Waals surface area contributed by atoms with Crippen molar-refractivity contribution in [2.45, 2.75) is 64.5 Å². The summed E-state index contributed by atoms with van der Waals surface area (Å²) in [7, 11) is 0. The van der Waals surface area contributed by atoms with E-state index in [-0.39, 0.29) is 24.0 Å². The van der Waals surface area contributed by atoms with E-state index in [1.165, 1.54) is 12.8 Å². The first-order valence-corrected chi connectivity index (χ1v) is 7.77. The molecule has 0 aromatic heterocycles. The van der Waals surface area contributed by atoms with E-state index < -0.39 is 5.97 Å². The monoisotopic (exact) mass is 282 g/mol. The van der Waals surface area contributed by atoms with Crippen LogP contribution < -0.4 is 10.6 Å². The predicted molar refractivity (Wildman–Crippen MR) is 76.4 cm³/mol. The van der Waals surface area contributed by atoms with E-state index in [0.717, 1.165) is 12.8 Å². The zero-order chi connectivity index (χ0) is 14.7. The molecule has 114 valence electrons. The third-order valence-corrected chi connectivity index (χ3v) is 5.14. The summed E-state index contributed by atoms with van der Waals surface area (Å²) in [6.07, 6.45) is 5.43. The lowest BCUT2D eigenvalue weighted by atomic mass is 9.78. The lowest BCUT2D eigenvalue weighted by Crippen LogP contribution is -2.49. The van der Waals surface area contributed by atoms with Crippen LogP contribution in [0, 0.1) is 17.8 Å². The van der Waals surface area contributed by atoms with Crippen LogP contribution in [0.3, 0.4) is 0 Å². The third kappa shape index (κ3) is 3.64. The Morgan fingerprint density at radius 3 is 2.45 bits per heavy atom. The number of hydrogen-bond donors (Lipinski definition) is 3. The van der Waals surface area contributed by atoms with Crippen molar-refractivity contribution in [2.24, 2.45) is 17.8 Å². The third-order valence-electron chi connectivity index (χ3n) is 5.14. The molecule has 5 heteroatoms. The summed E-state index contributed by atoms with van der Waals surface area (Å²) in [6.45, 7) is 4.44. The zero-order valence-electron chi connectivity index (χ0n) is 12.4. The Bertz CT molecular complexity index is 372. The normalized spacial score (nSPS) is 37.4. The van der Waals surface area contributed by atoms with Crippen LogP contribution >= 0.6 is 0 Å². The Labute approximate surface area is 120 Å². The van der Waals surface area contributed by atoms with E-state index in [1.54, 1.807) is 0 Å². The Kier molecular flexibility index (Phi) is 4.89. The minimum absolute atomic E-state index is 0.00687. The average molecular weight is 282 g/mol. The summed E-state index contributed by atoms with van der Waals surface area (Å²) in [5.74, 6) is 0.111. The summed E-state index contributed by atoms with van der Waals surface area (Å²) < 4.78 is 0. The number of aliphatic carboxylic acids is 1. The number of urea groups is 1. The number of amides is 2. The Morgan fingerprint density at radius 1 is 1.05 bits per heavy atom. The van der Waals surface area contributed by atoms with Crippen LogP contribution in [0.5, 0.6) is 0 Å². The second-order valence-corrected chi connectivity index (χ2v) is 6.54. The van der Waals surface area contributed by atoms with Crippen molar-refractivity contribution < 1.29 is 14.7 Å². The van der Waals surface area contributed by atoms with Gasteiger partial charge in [0, 0.05) is 12.1 Å². The quantitative estimate of drug-likeness (QED) is 0.743. The highest BCUT2D eigenvalue weighted by atomic mass is 16.4. The van der Waals surface area contributed by atoms with Crippen LogP contribution in [0.1, 0.15) is 52.4 Å². The lowest BCUT2D eigenvalue weighted by molar-refractivity contribution is -0.141. The van der Waals surface area contributed by atoms with Gasteiger partial charge in [0.05, 0.1) is 5.92 Å². The summed E-state index contributed by atoms with van der Waals surface area (Å²) in [4.78, 5) is 22.9. The molecule has 5 atom stereocenters. The first-order chi connectivity index (χ1) is 9.47. The fourth-order valence-corrected chi connectivity index (χ4v) is 3.52. The summed E-state index contributed by atoms with van der Waals surface area (Å²) in [5, 5.41) is 15.0. The number of rotatable bonds is 3. The molecule has 0 heterocycles. The second-order valence-electron chi connectivity index (χ2n) is 6.54. The largest absolute Gasteiger partial charge is 0.481 e. The number of carboxylic acid groups (broad SMARTS) is 1. The van der Waals surface area contributed by atoms with Gasteiger partial charge in [-0.2, -0.15) is 0 Å². The van der Waals surface area contributed by atoms with Gasteiger partial charge in [-0.05, 0) is 37.5 Å². The van der Waals surface area contributed by atoms with Crippen molar-refractivity contribution in [3.8, 4) is 0 Å². The van der Waals surface area contributed by atoms with Crippen molar-refractivity contribution in [2.75, 3.05) is 0 Å². The molecular formula is C15H26N2O3. The maximum absolute atomic E-state index is 12.0. The smallest absolute Gasteiger partial charge is 0.315 e. The molecule has 0 aromatic rings. The number of nitrogens with one attached hydrogen (secondary N) is 2. The van der Waals surface area contributed by atoms with Crippen molar-refractivity contribution in [3.63, 3.8) is 0 Å².